The molecule has 0 saturated carbocycles. The van der Waals surface area contributed by atoms with Crippen LogP contribution in [0.1, 0.15) is 38.4 Å². The standard InChI is InChI=1S/C18H19BrN2O2S/c1-12-4-2-3-5-14(12)17(22)20-13-8-10-21(11-9-13)18(23)15-6-7-16(19)24-15/h2-7,13H,8-11H2,1H3,(H,20,22). The van der Waals surface area contributed by atoms with Gasteiger partial charge in [-0.2, -0.15) is 0 Å². The van der Waals surface area contributed by atoms with Crippen LogP contribution in [0.2, 0.25) is 0 Å². The summed E-state index contributed by atoms with van der Waals surface area (Å²) in [7, 11) is 0. The Labute approximate surface area is 154 Å². The first kappa shape index (κ1) is 17.2. The summed E-state index contributed by atoms with van der Waals surface area (Å²) in [5.41, 5.74) is 1.70. The number of halogens is 1. The second-order valence-corrected chi connectivity index (χ2v) is 8.42. The molecule has 0 aliphatic carbocycles. The first-order valence-electron chi connectivity index (χ1n) is 7.95. The number of hydrogen-bond acceptors (Lipinski definition) is 3. The van der Waals surface area contributed by atoms with Gasteiger partial charge in [-0.05, 0) is 59.5 Å². The lowest BCUT2D eigenvalue weighted by Crippen LogP contribution is -2.46. The highest BCUT2D eigenvalue weighted by atomic mass is 79.9. The number of carbonyl (C=O) groups excluding carboxylic acids is 2. The molecule has 2 heterocycles. The van der Waals surface area contributed by atoms with Crippen LogP contribution in [0, 0.1) is 6.92 Å². The Morgan fingerprint density at radius 2 is 1.88 bits per heavy atom. The number of aryl methyl sites for hydroxylation is 1. The van der Waals surface area contributed by atoms with E-state index in [2.05, 4.69) is 21.2 Å². The molecule has 3 rings (SSSR count). The smallest absolute Gasteiger partial charge is 0.263 e. The fourth-order valence-electron chi connectivity index (χ4n) is 2.90. The molecule has 1 aromatic heterocycles. The van der Waals surface area contributed by atoms with E-state index in [-0.39, 0.29) is 17.9 Å². The minimum absolute atomic E-state index is 0.0277. The van der Waals surface area contributed by atoms with Gasteiger partial charge in [0.1, 0.15) is 0 Å². The van der Waals surface area contributed by atoms with E-state index in [1.807, 2.05) is 48.2 Å². The number of piperidine rings is 1. The Morgan fingerprint density at radius 1 is 1.17 bits per heavy atom. The van der Waals surface area contributed by atoms with E-state index >= 15 is 0 Å². The van der Waals surface area contributed by atoms with Crippen molar-refractivity contribution in [2.75, 3.05) is 13.1 Å². The van der Waals surface area contributed by atoms with Crippen LogP contribution >= 0.6 is 27.3 Å². The maximum absolute atomic E-state index is 12.4. The molecule has 1 aromatic carbocycles. The minimum atomic E-state index is -0.0277. The average molecular weight is 407 g/mol. The fourth-order valence-corrected chi connectivity index (χ4v) is 4.26. The van der Waals surface area contributed by atoms with Crippen molar-refractivity contribution in [1.82, 2.24) is 10.2 Å². The zero-order valence-electron chi connectivity index (χ0n) is 13.4. The Morgan fingerprint density at radius 3 is 2.50 bits per heavy atom. The molecule has 24 heavy (non-hydrogen) atoms. The summed E-state index contributed by atoms with van der Waals surface area (Å²) in [6, 6.07) is 11.5. The van der Waals surface area contributed by atoms with Crippen molar-refractivity contribution in [2.45, 2.75) is 25.8 Å². The topological polar surface area (TPSA) is 49.4 Å². The number of hydrogen-bond donors (Lipinski definition) is 1. The van der Waals surface area contributed by atoms with E-state index in [1.54, 1.807) is 0 Å². The lowest BCUT2D eigenvalue weighted by Gasteiger charge is -2.32. The number of nitrogens with one attached hydrogen (secondary N) is 1. The molecule has 0 unspecified atom stereocenters. The molecule has 0 bridgehead atoms. The number of benzene rings is 1. The Bertz CT molecular complexity index is 751. The molecule has 1 saturated heterocycles. The van der Waals surface area contributed by atoms with Crippen LogP contribution in [0.5, 0.6) is 0 Å². The van der Waals surface area contributed by atoms with Crippen molar-refractivity contribution in [3.63, 3.8) is 0 Å². The lowest BCUT2D eigenvalue weighted by molar-refractivity contribution is 0.0703. The van der Waals surface area contributed by atoms with Crippen molar-refractivity contribution in [3.05, 3.63) is 56.2 Å². The molecule has 126 valence electrons. The van der Waals surface area contributed by atoms with Crippen LogP contribution in [-0.4, -0.2) is 35.8 Å². The molecule has 0 atom stereocenters. The summed E-state index contributed by atoms with van der Waals surface area (Å²) < 4.78 is 0.964. The van der Waals surface area contributed by atoms with Gasteiger partial charge >= 0.3 is 0 Å². The summed E-state index contributed by atoms with van der Waals surface area (Å²) in [4.78, 5) is 27.4. The van der Waals surface area contributed by atoms with Crippen molar-refractivity contribution in [1.29, 1.82) is 0 Å². The summed E-state index contributed by atoms with van der Waals surface area (Å²) in [6.07, 6.45) is 1.58. The lowest BCUT2D eigenvalue weighted by atomic mass is 10.0. The number of carbonyl (C=O) groups is 2. The van der Waals surface area contributed by atoms with Gasteiger partial charge in [0.25, 0.3) is 11.8 Å². The number of likely N-dealkylation sites (tertiary alicyclic amines) is 1. The monoisotopic (exact) mass is 406 g/mol. The van der Waals surface area contributed by atoms with Gasteiger partial charge in [-0.25, -0.2) is 0 Å². The Kier molecular flexibility index (Phi) is 5.36. The zero-order valence-corrected chi connectivity index (χ0v) is 15.8. The van der Waals surface area contributed by atoms with Gasteiger partial charge in [0.05, 0.1) is 8.66 Å². The van der Waals surface area contributed by atoms with Crippen LogP contribution in [0.25, 0.3) is 0 Å². The van der Waals surface area contributed by atoms with Crippen LogP contribution in [-0.2, 0) is 0 Å². The van der Waals surface area contributed by atoms with Crippen molar-refractivity contribution in [2.24, 2.45) is 0 Å². The number of thiophene rings is 1. The van der Waals surface area contributed by atoms with E-state index in [4.69, 9.17) is 0 Å². The molecule has 6 heteroatoms. The number of amides is 2. The molecule has 1 aliphatic rings. The second kappa shape index (κ2) is 7.49. The van der Waals surface area contributed by atoms with E-state index in [0.717, 1.165) is 32.6 Å². The van der Waals surface area contributed by atoms with Crippen molar-refractivity contribution < 1.29 is 9.59 Å². The average Bonchev–Trinajstić information content (AvgIpc) is 3.02. The third-order valence-electron chi connectivity index (χ3n) is 4.29. The summed E-state index contributed by atoms with van der Waals surface area (Å²) in [5, 5.41) is 3.10. The van der Waals surface area contributed by atoms with Gasteiger partial charge in [-0.1, -0.05) is 18.2 Å². The molecule has 2 amide bonds. The predicted octanol–water partition coefficient (Wildman–Crippen LogP) is 3.85. The van der Waals surface area contributed by atoms with Gasteiger partial charge in [-0.15, -0.1) is 11.3 Å². The summed E-state index contributed by atoms with van der Waals surface area (Å²) in [6.45, 7) is 3.29. The molecule has 4 nitrogen and oxygen atoms in total. The molecular weight excluding hydrogens is 388 g/mol. The summed E-state index contributed by atoms with van der Waals surface area (Å²) >= 11 is 4.84. The Hall–Kier alpha value is -1.66. The van der Waals surface area contributed by atoms with Crippen LogP contribution < -0.4 is 5.32 Å². The van der Waals surface area contributed by atoms with Gasteiger partial charge in [0.2, 0.25) is 0 Å². The zero-order chi connectivity index (χ0) is 17.1. The predicted molar refractivity (Wildman–Crippen MR) is 99.6 cm³/mol. The van der Waals surface area contributed by atoms with Crippen molar-refractivity contribution >= 4 is 39.1 Å². The number of rotatable bonds is 3. The quantitative estimate of drug-likeness (QED) is 0.840. The summed E-state index contributed by atoms with van der Waals surface area (Å²) in [5.74, 6) is 0.0504. The van der Waals surface area contributed by atoms with E-state index in [0.29, 0.717) is 13.1 Å². The highest BCUT2D eigenvalue weighted by Gasteiger charge is 2.25. The second-order valence-electron chi connectivity index (χ2n) is 5.96. The SMILES string of the molecule is Cc1ccccc1C(=O)NC1CCN(C(=O)c2ccc(Br)s2)CC1. The normalized spacial score (nSPS) is 15.3. The van der Waals surface area contributed by atoms with Gasteiger partial charge < -0.3 is 10.2 Å². The minimum Gasteiger partial charge on any atom is -0.349 e. The Balaban J connectivity index is 1.55. The van der Waals surface area contributed by atoms with Gasteiger partial charge in [-0.3, -0.25) is 9.59 Å². The fraction of sp³-hybridized carbons (Fsp3) is 0.333. The first-order valence-corrected chi connectivity index (χ1v) is 9.56. The van der Waals surface area contributed by atoms with Gasteiger partial charge in [0.15, 0.2) is 0 Å². The molecule has 2 aromatic rings. The molecular formula is C18H19BrN2O2S. The van der Waals surface area contributed by atoms with E-state index in [9.17, 15) is 9.59 Å². The highest BCUT2D eigenvalue weighted by Crippen LogP contribution is 2.24. The first-order chi connectivity index (χ1) is 11.5. The maximum atomic E-state index is 12.4. The third kappa shape index (κ3) is 3.87. The third-order valence-corrected chi connectivity index (χ3v) is 5.90. The van der Waals surface area contributed by atoms with E-state index in [1.165, 1.54) is 11.3 Å². The number of nitrogens with zero attached hydrogens (tertiary/aromatic N) is 1. The van der Waals surface area contributed by atoms with Crippen LogP contribution in [0.3, 0.4) is 0 Å². The highest BCUT2D eigenvalue weighted by molar-refractivity contribution is 9.11. The molecule has 1 aliphatic heterocycles. The van der Waals surface area contributed by atoms with Crippen LogP contribution in [0.15, 0.2) is 40.2 Å². The van der Waals surface area contributed by atoms with Gasteiger partial charge in [0, 0.05) is 24.7 Å². The maximum Gasteiger partial charge on any atom is 0.263 e. The molecule has 1 N–H and O–H groups in total. The van der Waals surface area contributed by atoms with E-state index < -0.39 is 0 Å². The molecule has 0 spiro atoms. The van der Waals surface area contributed by atoms with Crippen molar-refractivity contribution in [3.8, 4) is 0 Å². The van der Waals surface area contributed by atoms with Crippen LogP contribution in [0.4, 0.5) is 0 Å². The molecule has 0 radical (unpaired) electrons. The largest absolute Gasteiger partial charge is 0.349 e. The molecule has 1 fully saturated rings.